The third-order valence-electron chi connectivity index (χ3n) is 12.3. The van der Waals surface area contributed by atoms with Crippen LogP contribution < -0.4 is 30.5 Å². The predicted octanol–water partition coefficient (Wildman–Crippen LogP) is 4.34. The number of likely N-dealkylation sites (tertiary alicyclic amines) is 1. The lowest BCUT2D eigenvalue weighted by atomic mass is 9.89. The topological polar surface area (TPSA) is 148 Å². The summed E-state index contributed by atoms with van der Waals surface area (Å²) in [4.78, 5) is 60.3. The highest BCUT2D eigenvalue weighted by Gasteiger charge is 2.30. The molecule has 4 aromatic rings. The number of rotatable bonds is 8. The molecule has 1 atom stereocenters. The standard InChI is InChI=1S/C43H50N10O4/c1-28-37(25-45-42-40(28)44-15-23-57-42)53-18-14-32-24-46-43(48-36(32)26-53)47-33-6-2-29(3-7-33)30-12-16-52(17-13-30)39(55)27-50-19-21-51(22-20-50)34-8-4-31(5-9-34)35-10-11-38(54)49-41(35)56/h2-9,24-25,30,35,44H,10-23,26-27H2,1H3,(H,46,47,48)(H,49,54,56). The van der Waals surface area contributed by atoms with Crippen LogP contribution in [-0.2, 0) is 27.3 Å². The lowest BCUT2D eigenvalue weighted by molar-refractivity contribution is -0.135. The number of benzene rings is 2. The molecule has 1 unspecified atom stereocenters. The molecular formula is C43H50N10O4. The largest absolute Gasteiger partial charge is 0.474 e. The van der Waals surface area contributed by atoms with E-state index in [1.165, 1.54) is 11.1 Å². The van der Waals surface area contributed by atoms with Gasteiger partial charge in [0.25, 0.3) is 0 Å². The number of ether oxygens (including phenoxy) is 1. The summed E-state index contributed by atoms with van der Waals surface area (Å²) in [6, 6.07) is 16.7. The highest BCUT2D eigenvalue weighted by atomic mass is 16.5. The Labute approximate surface area is 333 Å². The Bertz CT molecular complexity index is 2130. The molecule has 5 aliphatic rings. The number of piperidine rings is 2. The van der Waals surface area contributed by atoms with Gasteiger partial charge in [-0.1, -0.05) is 24.3 Å². The van der Waals surface area contributed by atoms with Gasteiger partial charge >= 0.3 is 0 Å². The van der Waals surface area contributed by atoms with Gasteiger partial charge in [-0.05, 0) is 79.5 Å². The summed E-state index contributed by atoms with van der Waals surface area (Å²) in [5.74, 6) is 1.22. The second kappa shape index (κ2) is 16.0. The SMILES string of the molecule is Cc1c(N2CCc3cnc(Nc4ccc(C5CCN(C(=O)CN6CCN(c7ccc(C8CCC(=O)NC8=O)cc7)CC6)CC5)cc4)nc3C2)cnc2c1NCCO2. The molecule has 296 valence electrons. The van der Waals surface area contributed by atoms with Crippen LogP contribution in [0, 0.1) is 6.92 Å². The molecule has 3 amide bonds. The van der Waals surface area contributed by atoms with Crippen LogP contribution in [0.3, 0.4) is 0 Å². The number of piperazine rings is 1. The number of amides is 3. The zero-order valence-corrected chi connectivity index (χ0v) is 32.5. The molecule has 2 aromatic heterocycles. The van der Waals surface area contributed by atoms with E-state index in [1.807, 2.05) is 29.4 Å². The number of nitrogens with one attached hydrogen (secondary N) is 3. The van der Waals surface area contributed by atoms with Crippen molar-refractivity contribution in [1.29, 1.82) is 0 Å². The van der Waals surface area contributed by atoms with Gasteiger partial charge in [0, 0.05) is 81.9 Å². The van der Waals surface area contributed by atoms with E-state index >= 15 is 0 Å². The Kier molecular flexibility index (Phi) is 10.3. The Hall–Kier alpha value is -5.76. The third kappa shape index (κ3) is 7.95. The van der Waals surface area contributed by atoms with E-state index in [-0.39, 0.29) is 23.6 Å². The average molecular weight is 771 g/mol. The molecular weight excluding hydrogens is 721 g/mol. The van der Waals surface area contributed by atoms with Crippen LogP contribution in [0.1, 0.15) is 65.5 Å². The molecule has 3 N–H and O–H groups in total. The molecule has 3 saturated heterocycles. The molecule has 5 aliphatic heterocycles. The Morgan fingerprint density at radius 1 is 0.860 bits per heavy atom. The smallest absolute Gasteiger partial charge is 0.237 e. The lowest BCUT2D eigenvalue weighted by Gasteiger charge is -2.38. The summed E-state index contributed by atoms with van der Waals surface area (Å²) in [6.07, 6.45) is 7.57. The third-order valence-corrected chi connectivity index (χ3v) is 12.3. The summed E-state index contributed by atoms with van der Waals surface area (Å²) >= 11 is 0. The summed E-state index contributed by atoms with van der Waals surface area (Å²) in [7, 11) is 0. The highest BCUT2D eigenvalue weighted by molar-refractivity contribution is 6.01. The lowest BCUT2D eigenvalue weighted by Crippen LogP contribution is -2.51. The van der Waals surface area contributed by atoms with Crippen molar-refractivity contribution in [3.8, 4) is 5.88 Å². The maximum atomic E-state index is 13.3. The minimum Gasteiger partial charge on any atom is -0.474 e. The number of nitrogens with zero attached hydrogens (tertiary/aromatic N) is 7. The second-order valence-electron chi connectivity index (χ2n) is 15.8. The fourth-order valence-corrected chi connectivity index (χ4v) is 8.91. The Morgan fingerprint density at radius 2 is 1.63 bits per heavy atom. The van der Waals surface area contributed by atoms with Crippen molar-refractivity contribution in [3.63, 3.8) is 0 Å². The van der Waals surface area contributed by atoms with E-state index in [0.717, 1.165) is 111 Å². The van der Waals surface area contributed by atoms with E-state index in [4.69, 9.17) is 9.72 Å². The minimum absolute atomic E-state index is 0.194. The van der Waals surface area contributed by atoms with Crippen molar-refractivity contribution in [2.24, 2.45) is 0 Å². The zero-order valence-electron chi connectivity index (χ0n) is 32.5. The van der Waals surface area contributed by atoms with Gasteiger partial charge in [0.15, 0.2) is 0 Å². The highest BCUT2D eigenvalue weighted by Crippen LogP contribution is 2.37. The fourth-order valence-electron chi connectivity index (χ4n) is 8.91. The van der Waals surface area contributed by atoms with Crippen LogP contribution in [0.2, 0.25) is 0 Å². The van der Waals surface area contributed by atoms with E-state index in [0.29, 0.717) is 50.3 Å². The number of carbonyl (C=O) groups is 3. The molecule has 9 rings (SSSR count). The molecule has 3 fully saturated rings. The molecule has 0 radical (unpaired) electrons. The molecule has 0 aliphatic carbocycles. The van der Waals surface area contributed by atoms with Crippen LogP contribution in [0.4, 0.5) is 28.7 Å². The van der Waals surface area contributed by atoms with E-state index in [9.17, 15) is 14.4 Å². The van der Waals surface area contributed by atoms with Gasteiger partial charge in [-0.15, -0.1) is 0 Å². The molecule has 14 heteroatoms. The van der Waals surface area contributed by atoms with Gasteiger partial charge in [0.05, 0.1) is 36.6 Å². The first kappa shape index (κ1) is 36.9. The van der Waals surface area contributed by atoms with Crippen molar-refractivity contribution in [2.45, 2.75) is 57.4 Å². The number of fused-ring (bicyclic) bond motifs is 2. The molecule has 0 spiro atoms. The monoisotopic (exact) mass is 770 g/mol. The number of hydrogen-bond acceptors (Lipinski definition) is 12. The number of anilines is 5. The summed E-state index contributed by atoms with van der Waals surface area (Å²) in [6.45, 7) is 10.4. The van der Waals surface area contributed by atoms with Crippen molar-refractivity contribution in [3.05, 3.63) is 88.9 Å². The van der Waals surface area contributed by atoms with E-state index in [2.05, 4.69) is 83.9 Å². The van der Waals surface area contributed by atoms with Crippen LogP contribution >= 0.6 is 0 Å². The summed E-state index contributed by atoms with van der Waals surface area (Å²) < 4.78 is 5.73. The fraction of sp³-hybridized carbons (Fsp3) is 0.442. The minimum atomic E-state index is -0.272. The normalized spacial score (nSPS) is 20.2. The van der Waals surface area contributed by atoms with Gasteiger partial charge in [-0.2, -0.15) is 0 Å². The van der Waals surface area contributed by atoms with Gasteiger partial charge in [-0.25, -0.2) is 15.0 Å². The first-order valence-corrected chi connectivity index (χ1v) is 20.4. The molecule has 57 heavy (non-hydrogen) atoms. The van der Waals surface area contributed by atoms with Crippen LogP contribution in [0.25, 0.3) is 0 Å². The van der Waals surface area contributed by atoms with Gasteiger partial charge in [0.1, 0.15) is 12.3 Å². The second-order valence-corrected chi connectivity index (χ2v) is 15.8. The van der Waals surface area contributed by atoms with E-state index < -0.39 is 0 Å². The Morgan fingerprint density at radius 3 is 2.40 bits per heavy atom. The maximum Gasteiger partial charge on any atom is 0.237 e. The summed E-state index contributed by atoms with van der Waals surface area (Å²) in [5.41, 5.74) is 9.73. The molecule has 0 saturated carbocycles. The van der Waals surface area contributed by atoms with Gasteiger partial charge in [0.2, 0.25) is 29.5 Å². The molecule has 7 heterocycles. The van der Waals surface area contributed by atoms with Crippen LogP contribution in [0.15, 0.2) is 60.9 Å². The predicted molar refractivity (Wildman–Crippen MR) is 218 cm³/mol. The first-order valence-electron chi connectivity index (χ1n) is 20.4. The number of carbonyl (C=O) groups excluding carboxylic acids is 3. The van der Waals surface area contributed by atoms with Crippen molar-refractivity contribution in [1.82, 2.24) is 30.1 Å². The van der Waals surface area contributed by atoms with Crippen molar-refractivity contribution >= 4 is 46.4 Å². The average Bonchev–Trinajstić information content (AvgIpc) is 3.24. The van der Waals surface area contributed by atoms with Gasteiger partial charge in [-0.3, -0.25) is 24.6 Å². The van der Waals surface area contributed by atoms with Crippen molar-refractivity contribution < 1.29 is 19.1 Å². The molecule has 0 bridgehead atoms. The van der Waals surface area contributed by atoms with E-state index in [1.54, 1.807) is 0 Å². The number of imide groups is 1. The van der Waals surface area contributed by atoms with Crippen LogP contribution in [-0.4, -0.2) is 108 Å². The van der Waals surface area contributed by atoms with Crippen LogP contribution in [0.5, 0.6) is 5.88 Å². The number of aromatic nitrogens is 3. The first-order chi connectivity index (χ1) is 27.8. The molecule has 2 aromatic carbocycles. The number of hydrogen-bond donors (Lipinski definition) is 3. The van der Waals surface area contributed by atoms with Gasteiger partial charge < -0.3 is 30.1 Å². The zero-order chi connectivity index (χ0) is 38.9. The number of pyridine rings is 1. The van der Waals surface area contributed by atoms with Crippen molar-refractivity contribution in [2.75, 3.05) is 85.9 Å². The maximum absolute atomic E-state index is 13.3. The summed E-state index contributed by atoms with van der Waals surface area (Å²) in [5, 5.41) is 9.31. The Balaban J connectivity index is 0.727. The molecule has 14 nitrogen and oxygen atoms in total. The quantitative estimate of drug-likeness (QED) is 0.219.